The van der Waals surface area contributed by atoms with Crippen LogP contribution in [0.25, 0.3) is 21.8 Å². The molecule has 1 saturated heterocycles. The van der Waals surface area contributed by atoms with E-state index in [0.717, 1.165) is 66.4 Å². The van der Waals surface area contributed by atoms with Crippen LogP contribution < -0.4 is 11.1 Å². The van der Waals surface area contributed by atoms with E-state index in [0.29, 0.717) is 24.8 Å². The highest BCUT2D eigenvalue weighted by molar-refractivity contribution is 7.88. The molecule has 0 atom stereocenters. The fourth-order valence-electron chi connectivity index (χ4n) is 4.29. The number of fused-ring (bicyclic) bond motifs is 3. The number of pyridine rings is 1. The van der Waals surface area contributed by atoms with Gasteiger partial charge in [0.05, 0.1) is 17.2 Å². The molecule has 0 aliphatic carbocycles. The Balaban J connectivity index is 1.52. The number of rotatable bonds is 7. The van der Waals surface area contributed by atoms with E-state index in [-0.39, 0.29) is 0 Å². The third-order valence-electron chi connectivity index (χ3n) is 5.94. The predicted molar refractivity (Wildman–Crippen MR) is 122 cm³/mol. The Morgan fingerprint density at radius 1 is 1.23 bits per heavy atom. The zero-order valence-corrected chi connectivity index (χ0v) is 18.5. The molecular weight excluding hydrogens is 400 g/mol. The van der Waals surface area contributed by atoms with Crippen molar-refractivity contribution < 1.29 is 8.42 Å². The van der Waals surface area contributed by atoms with Crippen molar-refractivity contribution in [3.05, 3.63) is 24.3 Å². The Labute approximate surface area is 177 Å². The number of nitrogen functional groups attached to an aromatic ring is 1. The molecule has 0 saturated carbocycles. The third-order valence-corrected chi connectivity index (χ3v) is 7.25. The first-order valence-corrected chi connectivity index (χ1v) is 12.5. The normalized spacial score (nSPS) is 16.5. The largest absolute Gasteiger partial charge is 0.383 e. The fraction of sp³-hybridized carbons (Fsp3) is 0.524. The third kappa shape index (κ3) is 4.09. The highest BCUT2D eigenvalue weighted by Crippen LogP contribution is 2.33. The van der Waals surface area contributed by atoms with Gasteiger partial charge >= 0.3 is 0 Å². The van der Waals surface area contributed by atoms with Gasteiger partial charge in [-0.05, 0) is 37.7 Å². The molecule has 1 aliphatic heterocycles. The molecule has 1 aromatic carbocycles. The topological polar surface area (TPSA) is 106 Å². The number of anilines is 2. The van der Waals surface area contributed by atoms with Crippen LogP contribution in [0.15, 0.2) is 24.3 Å². The molecule has 0 unspecified atom stereocenters. The maximum Gasteiger partial charge on any atom is 0.211 e. The van der Waals surface area contributed by atoms with Crippen molar-refractivity contribution in [2.75, 3.05) is 36.9 Å². The summed E-state index contributed by atoms with van der Waals surface area (Å²) in [6.07, 6.45) is 5.01. The first kappa shape index (κ1) is 20.9. The van der Waals surface area contributed by atoms with E-state index in [4.69, 9.17) is 15.8 Å². The van der Waals surface area contributed by atoms with Gasteiger partial charge in [0.1, 0.15) is 11.3 Å². The molecule has 30 heavy (non-hydrogen) atoms. The monoisotopic (exact) mass is 430 g/mol. The number of benzene rings is 1. The standard InChI is InChI=1S/C21H30N6O2S/c1-3-12-27-20(22)18-16-6-4-5-7-17(16)24-21(19(18)25-27)23-11-8-15-9-13-26(14-10-15)30(2,28)29/h4-7,15H,3,8-14,22H2,1-2H3,(H,23,24). The van der Waals surface area contributed by atoms with Crippen molar-refractivity contribution in [2.24, 2.45) is 5.92 Å². The molecule has 1 fully saturated rings. The van der Waals surface area contributed by atoms with Crippen LogP contribution in [0.2, 0.25) is 0 Å². The molecule has 0 amide bonds. The maximum absolute atomic E-state index is 11.7. The molecule has 3 heterocycles. The summed E-state index contributed by atoms with van der Waals surface area (Å²) in [5.41, 5.74) is 8.16. The number of aromatic nitrogens is 3. The first-order chi connectivity index (χ1) is 14.4. The maximum atomic E-state index is 11.7. The smallest absolute Gasteiger partial charge is 0.211 e. The van der Waals surface area contributed by atoms with E-state index in [1.165, 1.54) is 6.26 Å². The molecule has 0 bridgehead atoms. The molecule has 4 rings (SSSR count). The summed E-state index contributed by atoms with van der Waals surface area (Å²) in [4.78, 5) is 4.81. The zero-order valence-electron chi connectivity index (χ0n) is 17.6. The number of nitrogens with zero attached hydrogens (tertiary/aromatic N) is 4. The van der Waals surface area contributed by atoms with Crippen molar-refractivity contribution in [3.8, 4) is 0 Å². The average molecular weight is 431 g/mol. The molecule has 8 nitrogen and oxygen atoms in total. The number of para-hydroxylation sites is 1. The Morgan fingerprint density at radius 3 is 2.67 bits per heavy atom. The highest BCUT2D eigenvalue weighted by atomic mass is 32.2. The summed E-state index contributed by atoms with van der Waals surface area (Å²) in [7, 11) is -3.08. The summed E-state index contributed by atoms with van der Waals surface area (Å²) < 4.78 is 26.8. The lowest BCUT2D eigenvalue weighted by molar-refractivity contribution is 0.268. The molecule has 0 spiro atoms. The van der Waals surface area contributed by atoms with Crippen LogP contribution in [0, 0.1) is 5.92 Å². The number of piperidine rings is 1. The Hall–Kier alpha value is -2.39. The average Bonchev–Trinajstić information content (AvgIpc) is 3.05. The molecule has 0 radical (unpaired) electrons. The minimum Gasteiger partial charge on any atom is -0.383 e. The summed E-state index contributed by atoms with van der Waals surface area (Å²) in [5, 5.41) is 10.2. The van der Waals surface area contributed by atoms with Gasteiger partial charge in [-0.25, -0.2) is 22.4 Å². The van der Waals surface area contributed by atoms with E-state index in [2.05, 4.69) is 12.2 Å². The lowest BCUT2D eigenvalue weighted by Gasteiger charge is -2.30. The fourth-order valence-corrected chi connectivity index (χ4v) is 5.17. The number of hydrogen-bond donors (Lipinski definition) is 2. The molecular formula is C21H30N6O2S. The zero-order chi connectivity index (χ0) is 21.3. The summed E-state index contributed by atoms with van der Waals surface area (Å²) in [6.45, 7) is 4.87. The number of nitrogens with two attached hydrogens (primary N) is 1. The highest BCUT2D eigenvalue weighted by Gasteiger charge is 2.24. The molecule has 3 N–H and O–H groups in total. The van der Waals surface area contributed by atoms with E-state index in [1.807, 2.05) is 28.9 Å². The van der Waals surface area contributed by atoms with Crippen LogP contribution in [0.4, 0.5) is 11.6 Å². The van der Waals surface area contributed by atoms with Gasteiger partial charge in [0.25, 0.3) is 0 Å². The van der Waals surface area contributed by atoms with E-state index >= 15 is 0 Å². The minimum atomic E-state index is -3.08. The lowest BCUT2D eigenvalue weighted by atomic mass is 9.95. The number of hydrogen-bond acceptors (Lipinski definition) is 6. The number of aryl methyl sites for hydroxylation is 1. The van der Waals surface area contributed by atoms with Crippen LogP contribution in [0.1, 0.15) is 32.6 Å². The van der Waals surface area contributed by atoms with E-state index in [1.54, 1.807) is 4.31 Å². The Bertz CT molecular complexity index is 1150. The van der Waals surface area contributed by atoms with Crippen LogP contribution in [-0.2, 0) is 16.6 Å². The van der Waals surface area contributed by atoms with E-state index < -0.39 is 10.0 Å². The van der Waals surface area contributed by atoms with Gasteiger partial charge in [-0.1, -0.05) is 25.1 Å². The molecule has 162 valence electrons. The van der Waals surface area contributed by atoms with E-state index in [9.17, 15) is 8.42 Å². The molecule has 9 heteroatoms. The second-order valence-electron chi connectivity index (χ2n) is 8.13. The molecule has 2 aromatic heterocycles. The van der Waals surface area contributed by atoms with Crippen molar-refractivity contribution >= 4 is 43.5 Å². The second kappa shape index (κ2) is 8.39. The van der Waals surface area contributed by atoms with Crippen LogP contribution in [0.3, 0.4) is 0 Å². The summed E-state index contributed by atoms with van der Waals surface area (Å²) >= 11 is 0. The quantitative estimate of drug-likeness (QED) is 0.597. The van der Waals surface area contributed by atoms with Gasteiger partial charge in [0.15, 0.2) is 5.82 Å². The van der Waals surface area contributed by atoms with Crippen molar-refractivity contribution in [1.29, 1.82) is 0 Å². The Kier molecular flexibility index (Phi) is 5.84. The number of nitrogens with one attached hydrogen (secondary N) is 1. The van der Waals surface area contributed by atoms with Gasteiger partial charge in [-0.3, -0.25) is 0 Å². The summed E-state index contributed by atoms with van der Waals surface area (Å²) in [5.74, 6) is 1.95. The first-order valence-electron chi connectivity index (χ1n) is 10.6. The van der Waals surface area contributed by atoms with Gasteiger partial charge in [-0.15, -0.1) is 0 Å². The molecule has 3 aromatic rings. The van der Waals surface area contributed by atoms with Crippen LogP contribution in [-0.4, -0.2) is 53.4 Å². The van der Waals surface area contributed by atoms with Crippen LogP contribution >= 0.6 is 0 Å². The summed E-state index contributed by atoms with van der Waals surface area (Å²) in [6, 6.07) is 8.01. The van der Waals surface area contributed by atoms with Crippen LogP contribution in [0.5, 0.6) is 0 Å². The SMILES string of the molecule is CCCn1nc2c(NCCC3CCN(S(C)(=O)=O)CC3)nc3ccccc3c2c1N. The number of sulfonamides is 1. The van der Waals surface area contributed by atoms with Crippen molar-refractivity contribution in [1.82, 2.24) is 19.1 Å². The van der Waals surface area contributed by atoms with Crippen molar-refractivity contribution in [3.63, 3.8) is 0 Å². The van der Waals surface area contributed by atoms with Gasteiger partial charge in [0, 0.05) is 31.6 Å². The molecule has 1 aliphatic rings. The van der Waals surface area contributed by atoms with Crippen molar-refractivity contribution in [2.45, 2.75) is 39.2 Å². The van der Waals surface area contributed by atoms with Gasteiger partial charge in [0.2, 0.25) is 10.0 Å². The van der Waals surface area contributed by atoms with Gasteiger partial charge < -0.3 is 11.1 Å². The van der Waals surface area contributed by atoms with Gasteiger partial charge in [-0.2, -0.15) is 5.10 Å². The Morgan fingerprint density at radius 2 is 1.97 bits per heavy atom. The lowest BCUT2D eigenvalue weighted by Crippen LogP contribution is -2.38. The minimum absolute atomic E-state index is 0.508. The predicted octanol–water partition coefficient (Wildman–Crippen LogP) is 3.05. The second-order valence-corrected chi connectivity index (χ2v) is 10.1.